The van der Waals surface area contributed by atoms with Gasteiger partial charge in [-0.2, -0.15) is 0 Å². The Morgan fingerprint density at radius 1 is 1.00 bits per heavy atom. The van der Waals surface area contributed by atoms with Gasteiger partial charge < -0.3 is 0 Å². The van der Waals surface area contributed by atoms with Gasteiger partial charge in [-0.25, -0.2) is 4.39 Å². The van der Waals surface area contributed by atoms with Gasteiger partial charge in [0.1, 0.15) is 5.82 Å². The maximum atomic E-state index is 13.8. The van der Waals surface area contributed by atoms with Crippen LogP contribution in [0, 0.1) is 5.82 Å². The number of benzene rings is 2. The number of aryl methyl sites for hydroxylation is 2. The van der Waals surface area contributed by atoms with Crippen molar-refractivity contribution in [3.63, 3.8) is 0 Å². The lowest BCUT2D eigenvalue weighted by Crippen LogP contribution is -2.08. The van der Waals surface area contributed by atoms with E-state index < -0.39 is 5.82 Å². The molecule has 2 aromatic carbocycles. The molecule has 0 amide bonds. The minimum atomic E-state index is -0.569. The van der Waals surface area contributed by atoms with Gasteiger partial charge in [0, 0.05) is 10.6 Å². The Hall–Kier alpha value is -1.67. The van der Waals surface area contributed by atoms with Crippen molar-refractivity contribution < 1.29 is 9.18 Å². The number of hydrogen-bond donors (Lipinski definition) is 0. The molecule has 0 fully saturated rings. The second-order valence-electron chi connectivity index (χ2n) is 5.14. The van der Waals surface area contributed by atoms with E-state index in [-0.39, 0.29) is 11.3 Å². The van der Waals surface area contributed by atoms with Gasteiger partial charge >= 0.3 is 0 Å². The molecule has 0 N–H and O–H groups in total. The highest BCUT2D eigenvalue weighted by Gasteiger charge is 2.17. The summed E-state index contributed by atoms with van der Waals surface area (Å²) in [4.78, 5) is 12.4. The maximum absolute atomic E-state index is 13.8. The van der Waals surface area contributed by atoms with Gasteiger partial charge in [-0.15, -0.1) is 0 Å². The largest absolute Gasteiger partial charge is 0.288 e. The Balaban J connectivity index is 1.98. The van der Waals surface area contributed by atoms with Crippen LogP contribution in [0.15, 0.2) is 36.4 Å². The van der Waals surface area contributed by atoms with Crippen molar-refractivity contribution in [1.82, 2.24) is 0 Å². The molecule has 3 rings (SSSR count). The molecule has 0 heterocycles. The molecular weight excluding hydrogens is 275 g/mol. The molecule has 1 aliphatic carbocycles. The van der Waals surface area contributed by atoms with E-state index in [1.54, 1.807) is 6.07 Å². The zero-order valence-electron chi connectivity index (χ0n) is 11.0. The van der Waals surface area contributed by atoms with Crippen LogP contribution < -0.4 is 0 Å². The molecule has 102 valence electrons. The third kappa shape index (κ3) is 2.48. The van der Waals surface area contributed by atoms with Gasteiger partial charge in [0.25, 0.3) is 0 Å². The highest BCUT2D eigenvalue weighted by atomic mass is 35.5. The SMILES string of the molecule is O=C(c1ccc2c(c1)CCCC2)c1ccc(Cl)cc1F. The number of carbonyl (C=O) groups excluding carboxylic acids is 1. The molecule has 1 aliphatic rings. The van der Waals surface area contributed by atoms with Crippen molar-refractivity contribution in [3.8, 4) is 0 Å². The number of carbonyl (C=O) groups is 1. The minimum absolute atomic E-state index is 0.0742. The van der Waals surface area contributed by atoms with Crippen molar-refractivity contribution in [1.29, 1.82) is 0 Å². The van der Waals surface area contributed by atoms with Crippen LogP contribution in [0.1, 0.15) is 39.9 Å². The fourth-order valence-electron chi connectivity index (χ4n) is 2.70. The summed E-state index contributed by atoms with van der Waals surface area (Å²) in [6.07, 6.45) is 4.42. The van der Waals surface area contributed by atoms with Gasteiger partial charge in [-0.3, -0.25) is 4.79 Å². The van der Waals surface area contributed by atoms with Crippen molar-refractivity contribution in [2.45, 2.75) is 25.7 Å². The topological polar surface area (TPSA) is 17.1 Å². The van der Waals surface area contributed by atoms with E-state index in [1.807, 2.05) is 12.1 Å². The monoisotopic (exact) mass is 288 g/mol. The Morgan fingerprint density at radius 2 is 1.75 bits per heavy atom. The number of rotatable bonds is 2. The van der Waals surface area contributed by atoms with Crippen molar-refractivity contribution in [2.75, 3.05) is 0 Å². The number of ketones is 1. The summed E-state index contributed by atoms with van der Waals surface area (Å²) in [5.74, 6) is -0.854. The molecule has 3 heteroatoms. The number of halogens is 2. The zero-order valence-corrected chi connectivity index (χ0v) is 11.7. The van der Waals surface area contributed by atoms with Crippen LogP contribution in [0.5, 0.6) is 0 Å². The van der Waals surface area contributed by atoms with Crippen LogP contribution in [0.25, 0.3) is 0 Å². The lowest BCUT2D eigenvalue weighted by atomic mass is 9.89. The third-order valence-corrected chi connectivity index (χ3v) is 4.02. The lowest BCUT2D eigenvalue weighted by molar-refractivity contribution is 0.103. The quantitative estimate of drug-likeness (QED) is 0.739. The summed E-state index contributed by atoms with van der Waals surface area (Å²) in [6.45, 7) is 0. The molecule has 0 aliphatic heterocycles. The molecule has 0 unspecified atom stereocenters. The molecule has 0 aromatic heterocycles. The van der Waals surface area contributed by atoms with Gasteiger partial charge in [0.05, 0.1) is 5.56 Å². The first-order valence-corrected chi connectivity index (χ1v) is 7.14. The normalized spacial score (nSPS) is 13.9. The molecule has 0 saturated heterocycles. The second kappa shape index (κ2) is 5.37. The molecule has 0 saturated carbocycles. The second-order valence-corrected chi connectivity index (χ2v) is 5.58. The molecule has 1 nitrogen and oxygen atoms in total. The molecule has 0 atom stereocenters. The smallest absolute Gasteiger partial charge is 0.195 e. The third-order valence-electron chi connectivity index (χ3n) is 3.79. The molecule has 0 bridgehead atoms. The van der Waals surface area contributed by atoms with Gasteiger partial charge in [-0.1, -0.05) is 23.7 Å². The summed E-state index contributed by atoms with van der Waals surface area (Å²) >= 11 is 5.71. The van der Waals surface area contributed by atoms with Crippen molar-refractivity contribution >= 4 is 17.4 Å². The summed E-state index contributed by atoms with van der Waals surface area (Å²) in [6, 6.07) is 9.85. The molecule has 0 radical (unpaired) electrons. The van der Waals surface area contributed by atoms with E-state index >= 15 is 0 Å². The van der Waals surface area contributed by atoms with Crippen molar-refractivity contribution in [3.05, 3.63) is 69.5 Å². The van der Waals surface area contributed by atoms with E-state index in [2.05, 4.69) is 0 Å². The highest BCUT2D eigenvalue weighted by Crippen LogP contribution is 2.24. The lowest BCUT2D eigenvalue weighted by Gasteiger charge is -2.16. The van der Waals surface area contributed by atoms with E-state index in [4.69, 9.17) is 11.6 Å². The van der Waals surface area contributed by atoms with E-state index in [0.29, 0.717) is 10.6 Å². The first kappa shape index (κ1) is 13.3. The Bertz CT molecular complexity index is 679. The first-order chi connectivity index (χ1) is 9.65. The number of fused-ring (bicyclic) bond motifs is 1. The fourth-order valence-corrected chi connectivity index (χ4v) is 2.86. The summed E-state index contributed by atoms with van der Waals surface area (Å²) in [5, 5.41) is 0.296. The van der Waals surface area contributed by atoms with Gasteiger partial charge in [-0.05, 0) is 61.1 Å². The minimum Gasteiger partial charge on any atom is -0.288 e. The highest BCUT2D eigenvalue weighted by molar-refractivity contribution is 6.30. The zero-order chi connectivity index (χ0) is 14.1. The summed E-state index contributed by atoms with van der Waals surface area (Å²) < 4.78 is 13.8. The Kier molecular flexibility index (Phi) is 3.58. The average Bonchev–Trinajstić information content (AvgIpc) is 2.46. The summed E-state index contributed by atoms with van der Waals surface area (Å²) in [5.41, 5.74) is 3.15. The van der Waals surface area contributed by atoms with Crippen LogP contribution in [0.4, 0.5) is 4.39 Å². The standard InChI is InChI=1S/C17H14ClFO/c18-14-7-8-15(16(19)10-14)17(20)13-6-5-11-3-1-2-4-12(11)9-13/h5-10H,1-4H2. The predicted octanol–water partition coefficient (Wildman–Crippen LogP) is 4.59. The van der Waals surface area contributed by atoms with Crippen LogP contribution in [-0.4, -0.2) is 5.78 Å². The van der Waals surface area contributed by atoms with Gasteiger partial charge in [0.2, 0.25) is 0 Å². The molecule has 2 aromatic rings. The fraction of sp³-hybridized carbons (Fsp3) is 0.235. The van der Waals surface area contributed by atoms with Crippen LogP contribution in [0.3, 0.4) is 0 Å². The number of hydrogen-bond acceptors (Lipinski definition) is 1. The maximum Gasteiger partial charge on any atom is 0.195 e. The first-order valence-electron chi connectivity index (χ1n) is 6.77. The van der Waals surface area contributed by atoms with Crippen LogP contribution in [0.2, 0.25) is 5.02 Å². The molecule has 20 heavy (non-hydrogen) atoms. The summed E-state index contributed by atoms with van der Waals surface area (Å²) in [7, 11) is 0. The molecule has 0 spiro atoms. The van der Waals surface area contributed by atoms with E-state index in [1.165, 1.54) is 35.7 Å². The van der Waals surface area contributed by atoms with Crippen molar-refractivity contribution in [2.24, 2.45) is 0 Å². The molecular formula is C17H14ClFO. The Labute approximate surface area is 122 Å². The predicted molar refractivity (Wildman–Crippen MR) is 77.9 cm³/mol. The Morgan fingerprint density at radius 3 is 2.50 bits per heavy atom. The van der Waals surface area contributed by atoms with E-state index in [0.717, 1.165) is 19.3 Å². The van der Waals surface area contributed by atoms with Crippen LogP contribution in [-0.2, 0) is 12.8 Å². The average molecular weight is 289 g/mol. The van der Waals surface area contributed by atoms with Crippen LogP contribution >= 0.6 is 11.6 Å². The van der Waals surface area contributed by atoms with E-state index in [9.17, 15) is 9.18 Å². The van der Waals surface area contributed by atoms with Gasteiger partial charge in [0.15, 0.2) is 5.78 Å².